The van der Waals surface area contributed by atoms with E-state index in [9.17, 15) is 13.2 Å². The second kappa shape index (κ2) is 6.44. The molecule has 0 aliphatic heterocycles. The van der Waals surface area contributed by atoms with Crippen LogP contribution >= 0.6 is 0 Å². The Morgan fingerprint density at radius 1 is 1.24 bits per heavy atom. The molecule has 0 unspecified atom stereocenters. The third-order valence-corrected chi connectivity index (χ3v) is 4.87. The van der Waals surface area contributed by atoms with Gasteiger partial charge in [-0.25, -0.2) is 8.42 Å². The molecule has 0 aromatic heterocycles. The third kappa shape index (κ3) is 4.44. The van der Waals surface area contributed by atoms with Gasteiger partial charge in [0, 0.05) is 5.54 Å². The van der Waals surface area contributed by atoms with Crippen LogP contribution in [0, 0.1) is 0 Å². The van der Waals surface area contributed by atoms with Gasteiger partial charge in [0.15, 0.2) is 0 Å². The van der Waals surface area contributed by atoms with Crippen LogP contribution in [0.1, 0.15) is 27.7 Å². The number of hydrogen-bond donors (Lipinski definition) is 1. The van der Waals surface area contributed by atoms with E-state index in [0.717, 1.165) is 4.31 Å². The molecule has 6 nitrogen and oxygen atoms in total. The minimum Gasteiger partial charge on any atom is -0.494 e. The summed E-state index contributed by atoms with van der Waals surface area (Å²) in [6.45, 7) is 6.70. The molecule has 0 aliphatic rings. The van der Waals surface area contributed by atoms with E-state index in [-0.39, 0.29) is 4.90 Å². The van der Waals surface area contributed by atoms with Crippen LogP contribution in [0.25, 0.3) is 0 Å². The summed E-state index contributed by atoms with van der Waals surface area (Å²) in [5, 5.41) is 8.95. The van der Waals surface area contributed by atoms with Gasteiger partial charge in [0.25, 0.3) is 0 Å². The molecule has 0 fully saturated rings. The number of benzene rings is 1. The molecule has 118 valence electrons. The highest BCUT2D eigenvalue weighted by Crippen LogP contribution is 2.25. The molecule has 1 N–H and O–H groups in total. The second-order valence-corrected chi connectivity index (χ2v) is 7.34. The van der Waals surface area contributed by atoms with E-state index >= 15 is 0 Å². The zero-order valence-electron chi connectivity index (χ0n) is 12.7. The Labute approximate surface area is 125 Å². The van der Waals surface area contributed by atoms with Crippen molar-refractivity contribution in [2.75, 3.05) is 13.2 Å². The van der Waals surface area contributed by atoms with Crippen molar-refractivity contribution in [2.45, 2.75) is 38.1 Å². The topological polar surface area (TPSA) is 83.9 Å². The number of ether oxygens (including phenoxy) is 1. The lowest BCUT2D eigenvalue weighted by atomic mass is 10.1. The van der Waals surface area contributed by atoms with Crippen LogP contribution in [-0.2, 0) is 14.8 Å². The average Bonchev–Trinajstić information content (AvgIpc) is 2.35. The molecule has 0 saturated carbocycles. The number of carboxylic acids is 1. The summed E-state index contributed by atoms with van der Waals surface area (Å²) in [5.74, 6) is -0.628. The van der Waals surface area contributed by atoms with Gasteiger partial charge < -0.3 is 9.84 Å². The quantitative estimate of drug-likeness (QED) is 0.867. The largest absolute Gasteiger partial charge is 0.494 e. The van der Waals surface area contributed by atoms with Crippen molar-refractivity contribution in [3.05, 3.63) is 24.3 Å². The summed E-state index contributed by atoms with van der Waals surface area (Å²) in [5.41, 5.74) is -0.837. The molecule has 0 bridgehead atoms. The Balaban J connectivity index is 3.19. The molecule has 0 spiro atoms. The molecule has 7 heteroatoms. The second-order valence-electron chi connectivity index (χ2n) is 5.48. The fraction of sp³-hybridized carbons (Fsp3) is 0.500. The first-order valence-electron chi connectivity index (χ1n) is 6.56. The van der Waals surface area contributed by atoms with Gasteiger partial charge in [-0.15, -0.1) is 0 Å². The monoisotopic (exact) mass is 315 g/mol. The minimum absolute atomic E-state index is 0.0436. The maximum atomic E-state index is 12.6. The fourth-order valence-electron chi connectivity index (χ4n) is 1.81. The van der Waals surface area contributed by atoms with Gasteiger partial charge >= 0.3 is 5.97 Å². The van der Waals surface area contributed by atoms with Crippen LogP contribution in [0.5, 0.6) is 5.75 Å². The molecule has 0 aliphatic carbocycles. The van der Waals surface area contributed by atoms with E-state index < -0.39 is 28.1 Å². The van der Waals surface area contributed by atoms with Crippen LogP contribution in [0.3, 0.4) is 0 Å². The number of nitrogens with zero attached hydrogens (tertiary/aromatic N) is 1. The smallest absolute Gasteiger partial charge is 0.318 e. The Bertz CT molecular complexity index is 587. The third-order valence-electron chi connectivity index (χ3n) is 2.75. The maximum Gasteiger partial charge on any atom is 0.318 e. The van der Waals surface area contributed by atoms with Gasteiger partial charge in [-0.05, 0) is 52.0 Å². The summed E-state index contributed by atoms with van der Waals surface area (Å²) in [7, 11) is -3.89. The molecule has 0 heterocycles. The molecule has 0 atom stereocenters. The highest BCUT2D eigenvalue weighted by Gasteiger charge is 2.35. The Kier molecular flexibility index (Phi) is 5.36. The number of carboxylic acid groups (broad SMARTS) is 1. The molecule has 1 aromatic carbocycles. The van der Waals surface area contributed by atoms with Crippen LogP contribution in [0.2, 0.25) is 0 Å². The van der Waals surface area contributed by atoms with Gasteiger partial charge in [-0.3, -0.25) is 4.79 Å². The predicted molar refractivity (Wildman–Crippen MR) is 78.9 cm³/mol. The van der Waals surface area contributed by atoms with E-state index in [1.165, 1.54) is 12.1 Å². The van der Waals surface area contributed by atoms with Crippen molar-refractivity contribution in [3.63, 3.8) is 0 Å². The number of carbonyl (C=O) groups is 1. The minimum atomic E-state index is -3.89. The summed E-state index contributed by atoms with van der Waals surface area (Å²) >= 11 is 0. The zero-order chi connectivity index (χ0) is 16.3. The van der Waals surface area contributed by atoms with Crippen LogP contribution < -0.4 is 4.74 Å². The van der Waals surface area contributed by atoms with Gasteiger partial charge in [0.2, 0.25) is 10.0 Å². The highest BCUT2D eigenvalue weighted by molar-refractivity contribution is 7.89. The van der Waals surface area contributed by atoms with E-state index in [4.69, 9.17) is 9.84 Å². The van der Waals surface area contributed by atoms with E-state index in [2.05, 4.69) is 0 Å². The first kappa shape index (κ1) is 17.5. The average molecular weight is 315 g/mol. The molecule has 21 heavy (non-hydrogen) atoms. The predicted octanol–water partition coefficient (Wildman–Crippen LogP) is 1.96. The van der Waals surface area contributed by atoms with Crippen molar-refractivity contribution < 1.29 is 23.1 Å². The van der Waals surface area contributed by atoms with Gasteiger partial charge in [-0.2, -0.15) is 4.31 Å². The lowest BCUT2D eigenvalue weighted by Gasteiger charge is -2.33. The zero-order valence-corrected chi connectivity index (χ0v) is 13.5. The van der Waals surface area contributed by atoms with Crippen LogP contribution in [-0.4, -0.2) is 42.5 Å². The SMILES string of the molecule is CCOc1ccc(S(=O)(=O)N(CC(=O)O)C(C)(C)C)cc1. The molecule has 1 aromatic rings. The molecule has 1 rings (SSSR count). The lowest BCUT2D eigenvalue weighted by molar-refractivity contribution is -0.138. The van der Waals surface area contributed by atoms with Gasteiger partial charge in [-0.1, -0.05) is 0 Å². The first-order chi connectivity index (χ1) is 9.59. The molecular formula is C14H21NO5S. The summed E-state index contributed by atoms with van der Waals surface area (Å²) in [6.07, 6.45) is 0. The maximum absolute atomic E-state index is 12.6. The lowest BCUT2D eigenvalue weighted by Crippen LogP contribution is -2.48. The van der Waals surface area contributed by atoms with Crippen molar-refractivity contribution in [2.24, 2.45) is 0 Å². The Hall–Kier alpha value is -1.60. The van der Waals surface area contributed by atoms with Crippen LogP contribution in [0.15, 0.2) is 29.2 Å². The number of rotatable bonds is 6. The normalized spacial score (nSPS) is 12.4. The Morgan fingerprint density at radius 2 is 1.76 bits per heavy atom. The van der Waals surface area contributed by atoms with Crippen molar-refractivity contribution in [3.8, 4) is 5.75 Å². The number of sulfonamides is 1. The summed E-state index contributed by atoms with van der Waals surface area (Å²) in [6, 6.07) is 5.94. The van der Waals surface area contributed by atoms with Crippen molar-refractivity contribution >= 4 is 16.0 Å². The highest BCUT2D eigenvalue weighted by atomic mass is 32.2. The first-order valence-corrected chi connectivity index (χ1v) is 8.00. The molecule has 0 amide bonds. The number of hydrogen-bond acceptors (Lipinski definition) is 4. The number of aliphatic carboxylic acids is 1. The molecular weight excluding hydrogens is 294 g/mol. The summed E-state index contributed by atoms with van der Waals surface area (Å²) < 4.78 is 31.4. The standard InChI is InChI=1S/C14H21NO5S/c1-5-20-11-6-8-12(9-7-11)21(18,19)15(10-13(16)17)14(2,3)4/h6-9H,5,10H2,1-4H3,(H,16,17). The van der Waals surface area contributed by atoms with E-state index in [1.807, 2.05) is 6.92 Å². The Morgan fingerprint density at radius 3 is 2.14 bits per heavy atom. The summed E-state index contributed by atoms with van der Waals surface area (Å²) in [4.78, 5) is 11.0. The van der Waals surface area contributed by atoms with E-state index in [1.54, 1.807) is 32.9 Å². The van der Waals surface area contributed by atoms with Crippen molar-refractivity contribution in [1.82, 2.24) is 4.31 Å². The van der Waals surface area contributed by atoms with E-state index in [0.29, 0.717) is 12.4 Å². The van der Waals surface area contributed by atoms with Gasteiger partial charge in [0.05, 0.1) is 11.5 Å². The fourth-order valence-corrected chi connectivity index (χ4v) is 3.54. The van der Waals surface area contributed by atoms with Gasteiger partial charge in [0.1, 0.15) is 12.3 Å². The van der Waals surface area contributed by atoms with Crippen LogP contribution in [0.4, 0.5) is 0 Å². The van der Waals surface area contributed by atoms with Crippen molar-refractivity contribution in [1.29, 1.82) is 0 Å². The molecule has 0 saturated heterocycles. The molecule has 0 radical (unpaired) electrons.